The van der Waals surface area contributed by atoms with Crippen LogP contribution >= 0.6 is 15.9 Å². The molecule has 0 spiro atoms. The van der Waals surface area contributed by atoms with Gasteiger partial charge < -0.3 is 14.8 Å². The third kappa shape index (κ3) is 4.87. The first-order chi connectivity index (χ1) is 12.5. The maximum absolute atomic E-state index is 12.4. The Labute approximate surface area is 161 Å². The fraction of sp³-hybridized carbons (Fsp3) is 0.200. The molecule has 134 valence electrons. The van der Waals surface area contributed by atoms with E-state index in [1.807, 2.05) is 32.0 Å². The molecule has 0 aromatic heterocycles. The van der Waals surface area contributed by atoms with Crippen molar-refractivity contribution in [1.82, 2.24) is 0 Å². The zero-order chi connectivity index (χ0) is 19.1. The highest BCUT2D eigenvalue weighted by atomic mass is 79.9. The molecule has 6 heteroatoms. The number of nitriles is 1. The van der Waals surface area contributed by atoms with Crippen molar-refractivity contribution in [3.05, 3.63) is 57.6 Å². The van der Waals surface area contributed by atoms with Crippen molar-refractivity contribution in [2.45, 2.75) is 13.8 Å². The number of anilines is 1. The fourth-order valence-electron chi connectivity index (χ4n) is 2.28. The number of hydrogen-bond acceptors (Lipinski definition) is 4. The third-order valence-corrected chi connectivity index (χ3v) is 4.11. The first-order valence-electron chi connectivity index (χ1n) is 7.98. The molecular weight excluding hydrogens is 396 g/mol. The number of nitrogens with one attached hydrogen (secondary N) is 1. The zero-order valence-corrected chi connectivity index (χ0v) is 16.4. The number of carbonyl (C=O) groups excluding carboxylic acids is 1. The summed E-state index contributed by atoms with van der Waals surface area (Å²) in [4.78, 5) is 12.4. The summed E-state index contributed by atoms with van der Waals surface area (Å²) in [5, 5.41) is 12.1. The van der Waals surface area contributed by atoms with E-state index in [1.54, 1.807) is 31.4 Å². The number of benzene rings is 2. The van der Waals surface area contributed by atoms with Crippen LogP contribution in [-0.4, -0.2) is 19.6 Å². The molecule has 1 amide bonds. The standard InChI is InChI=1S/C20H19BrN2O3/c1-4-26-18-11-14(10-17(21)19(18)25-3)9-15(12-22)20(24)23-16-7-5-13(2)6-8-16/h5-11H,4H2,1-3H3,(H,23,24)/b15-9+. The Bertz CT molecular complexity index is 868. The molecule has 26 heavy (non-hydrogen) atoms. The van der Waals surface area contributed by atoms with E-state index in [9.17, 15) is 10.1 Å². The van der Waals surface area contributed by atoms with Gasteiger partial charge in [0, 0.05) is 5.69 Å². The van der Waals surface area contributed by atoms with E-state index in [0.717, 1.165) is 5.56 Å². The third-order valence-electron chi connectivity index (χ3n) is 3.52. The molecular formula is C20H19BrN2O3. The van der Waals surface area contributed by atoms with Crippen LogP contribution in [0.4, 0.5) is 5.69 Å². The molecule has 0 aliphatic carbocycles. The minimum atomic E-state index is -0.471. The SMILES string of the molecule is CCOc1cc(/C=C(\C#N)C(=O)Nc2ccc(C)cc2)cc(Br)c1OC. The molecule has 2 rings (SSSR count). The molecule has 0 radical (unpaired) electrons. The number of methoxy groups -OCH3 is 1. The minimum Gasteiger partial charge on any atom is -0.492 e. The molecule has 0 aliphatic rings. The predicted octanol–water partition coefficient (Wildman–Crippen LogP) is 4.71. The number of nitrogens with zero attached hydrogens (tertiary/aromatic N) is 1. The molecule has 0 fully saturated rings. The summed E-state index contributed by atoms with van der Waals surface area (Å²) in [7, 11) is 1.55. The molecule has 0 saturated carbocycles. The van der Waals surface area contributed by atoms with Gasteiger partial charge >= 0.3 is 0 Å². The topological polar surface area (TPSA) is 71.3 Å². The monoisotopic (exact) mass is 414 g/mol. The van der Waals surface area contributed by atoms with E-state index < -0.39 is 5.91 Å². The Morgan fingerprint density at radius 1 is 1.31 bits per heavy atom. The van der Waals surface area contributed by atoms with E-state index in [-0.39, 0.29) is 5.57 Å². The minimum absolute atomic E-state index is 0.00918. The van der Waals surface area contributed by atoms with Crippen LogP contribution in [0.5, 0.6) is 11.5 Å². The maximum atomic E-state index is 12.4. The second kappa shape index (κ2) is 9.07. The lowest BCUT2D eigenvalue weighted by molar-refractivity contribution is -0.112. The Hall–Kier alpha value is -2.78. The van der Waals surface area contributed by atoms with Crippen LogP contribution in [0.1, 0.15) is 18.1 Å². The van der Waals surface area contributed by atoms with E-state index in [0.29, 0.717) is 33.8 Å². The predicted molar refractivity (Wildman–Crippen MR) is 105 cm³/mol. The van der Waals surface area contributed by atoms with Gasteiger partial charge in [0.05, 0.1) is 18.2 Å². The number of rotatable bonds is 6. The average molecular weight is 415 g/mol. The van der Waals surface area contributed by atoms with Crippen LogP contribution in [0, 0.1) is 18.3 Å². The molecule has 0 aliphatic heterocycles. The van der Waals surface area contributed by atoms with Crippen LogP contribution in [0.3, 0.4) is 0 Å². The summed E-state index contributed by atoms with van der Waals surface area (Å²) in [5.41, 5.74) is 2.36. The second-order valence-electron chi connectivity index (χ2n) is 5.46. The number of aryl methyl sites for hydroxylation is 1. The van der Waals surface area contributed by atoms with Crippen molar-refractivity contribution in [3.8, 4) is 17.6 Å². The van der Waals surface area contributed by atoms with Crippen LogP contribution in [-0.2, 0) is 4.79 Å². The highest BCUT2D eigenvalue weighted by Crippen LogP contribution is 2.37. The quantitative estimate of drug-likeness (QED) is 0.548. The number of ether oxygens (including phenoxy) is 2. The van der Waals surface area contributed by atoms with Gasteiger partial charge in [0.1, 0.15) is 11.6 Å². The number of amides is 1. The van der Waals surface area contributed by atoms with Crippen LogP contribution in [0.15, 0.2) is 46.4 Å². The maximum Gasteiger partial charge on any atom is 0.266 e. The first kappa shape index (κ1) is 19.5. The lowest BCUT2D eigenvalue weighted by atomic mass is 10.1. The van der Waals surface area contributed by atoms with Crippen molar-refractivity contribution < 1.29 is 14.3 Å². The van der Waals surface area contributed by atoms with E-state index in [4.69, 9.17) is 9.47 Å². The van der Waals surface area contributed by atoms with Gasteiger partial charge in [-0.15, -0.1) is 0 Å². The largest absolute Gasteiger partial charge is 0.492 e. The summed E-state index contributed by atoms with van der Waals surface area (Å²) in [6, 6.07) is 12.8. The van der Waals surface area contributed by atoms with E-state index >= 15 is 0 Å². The molecule has 2 aromatic rings. The fourth-order valence-corrected chi connectivity index (χ4v) is 2.90. The highest BCUT2D eigenvalue weighted by Gasteiger charge is 2.13. The summed E-state index contributed by atoms with van der Waals surface area (Å²) in [6.45, 7) is 4.30. The van der Waals surface area contributed by atoms with Gasteiger partial charge in [-0.25, -0.2) is 0 Å². The Morgan fingerprint density at radius 2 is 2.00 bits per heavy atom. The lowest BCUT2D eigenvalue weighted by Gasteiger charge is -2.12. The first-order valence-corrected chi connectivity index (χ1v) is 8.78. The molecule has 0 saturated heterocycles. The second-order valence-corrected chi connectivity index (χ2v) is 6.31. The number of hydrogen-bond donors (Lipinski definition) is 1. The molecule has 1 N–H and O–H groups in total. The van der Waals surface area contributed by atoms with Crippen molar-refractivity contribution in [2.75, 3.05) is 19.0 Å². The Kier molecular flexibility index (Phi) is 6.81. The van der Waals surface area contributed by atoms with Crippen molar-refractivity contribution in [3.63, 3.8) is 0 Å². The van der Waals surface area contributed by atoms with Gasteiger partial charge in [-0.1, -0.05) is 17.7 Å². The van der Waals surface area contributed by atoms with Crippen LogP contribution < -0.4 is 14.8 Å². The summed E-state index contributed by atoms with van der Waals surface area (Å²) in [5.74, 6) is 0.625. The van der Waals surface area contributed by atoms with Gasteiger partial charge in [-0.3, -0.25) is 4.79 Å². The normalized spacial score (nSPS) is 10.8. The Morgan fingerprint density at radius 3 is 2.58 bits per heavy atom. The zero-order valence-electron chi connectivity index (χ0n) is 14.8. The van der Waals surface area contributed by atoms with Gasteiger partial charge in [-0.05, 0) is 65.7 Å². The summed E-state index contributed by atoms with van der Waals surface area (Å²) < 4.78 is 11.6. The molecule has 0 bridgehead atoms. The van der Waals surface area contributed by atoms with Crippen molar-refractivity contribution in [2.24, 2.45) is 0 Å². The van der Waals surface area contributed by atoms with E-state index in [1.165, 1.54) is 6.08 Å². The van der Waals surface area contributed by atoms with Gasteiger partial charge in [0.2, 0.25) is 0 Å². The van der Waals surface area contributed by atoms with Gasteiger partial charge in [-0.2, -0.15) is 5.26 Å². The summed E-state index contributed by atoms with van der Waals surface area (Å²) >= 11 is 3.42. The smallest absolute Gasteiger partial charge is 0.266 e. The highest BCUT2D eigenvalue weighted by molar-refractivity contribution is 9.10. The Balaban J connectivity index is 2.31. The molecule has 2 aromatic carbocycles. The molecule has 5 nitrogen and oxygen atoms in total. The van der Waals surface area contributed by atoms with Crippen LogP contribution in [0.25, 0.3) is 6.08 Å². The van der Waals surface area contributed by atoms with Crippen LogP contribution in [0.2, 0.25) is 0 Å². The van der Waals surface area contributed by atoms with E-state index in [2.05, 4.69) is 21.2 Å². The van der Waals surface area contributed by atoms with Gasteiger partial charge in [0.25, 0.3) is 5.91 Å². The molecule has 0 atom stereocenters. The average Bonchev–Trinajstić information content (AvgIpc) is 2.61. The summed E-state index contributed by atoms with van der Waals surface area (Å²) in [6.07, 6.45) is 1.51. The number of halogens is 1. The lowest BCUT2D eigenvalue weighted by Crippen LogP contribution is -2.13. The van der Waals surface area contributed by atoms with Crippen molar-refractivity contribution >= 4 is 33.6 Å². The molecule has 0 heterocycles. The van der Waals surface area contributed by atoms with Crippen molar-refractivity contribution in [1.29, 1.82) is 5.26 Å². The number of carbonyl (C=O) groups is 1. The molecule has 0 unspecified atom stereocenters. The van der Waals surface area contributed by atoms with Gasteiger partial charge in [0.15, 0.2) is 11.5 Å².